The Bertz CT molecular complexity index is 420. The summed E-state index contributed by atoms with van der Waals surface area (Å²) in [7, 11) is 0. The summed E-state index contributed by atoms with van der Waals surface area (Å²) in [5.74, 6) is -3.75. The van der Waals surface area contributed by atoms with Gasteiger partial charge in [-0.1, -0.05) is 18.2 Å². The molecule has 0 aliphatic heterocycles. The molecule has 0 spiro atoms. The van der Waals surface area contributed by atoms with Crippen LogP contribution in [0.25, 0.3) is 0 Å². The van der Waals surface area contributed by atoms with Crippen LogP contribution in [0.4, 0.5) is 4.39 Å². The first-order valence-corrected chi connectivity index (χ1v) is 5.43. The lowest BCUT2D eigenvalue weighted by Gasteiger charge is -2.03. The van der Waals surface area contributed by atoms with Gasteiger partial charge in [-0.3, -0.25) is 0 Å². The lowest BCUT2D eigenvalue weighted by atomic mass is 10.2. The number of aliphatic carboxylic acids is 2. The lowest BCUT2D eigenvalue weighted by Crippen LogP contribution is -2.16. The molecule has 6 heteroatoms. The Morgan fingerprint density at radius 1 is 1.22 bits per heavy atom. The molecule has 98 valence electrons. The van der Waals surface area contributed by atoms with E-state index in [0.717, 1.165) is 5.56 Å². The predicted octanol–water partition coefficient (Wildman–Crippen LogP) is 1.23. The van der Waals surface area contributed by atoms with Crippen molar-refractivity contribution in [3.05, 3.63) is 35.6 Å². The summed E-state index contributed by atoms with van der Waals surface area (Å²) in [5.41, 5.74) is 0.768. The average molecular weight is 255 g/mol. The third-order valence-electron chi connectivity index (χ3n) is 2.30. The van der Waals surface area contributed by atoms with E-state index in [9.17, 15) is 4.39 Å². The van der Waals surface area contributed by atoms with Crippen LogP contribution in [-0.4, -0.2) is 28.2 Å². The summed E-state index contributed by atoms with van der Waals surface area (Å²) in [6.07, 6.45) is 2.49. The van der Waals surface area contributed by atoms with E-state index in [1.165, 1.54) is 18.9 Å². The number of halogens is 1. The number of benzene rings is 1. The zero-order valence-corrected chi connectivity index (χ0v) is 9.60. The summed E-state index contributed by atoms with van der Waals surface area (Å²) < 4.78 is 13.0. The van der Waals surface area contributed by atoms with E-state index < -0.39 is 11.9 Å². The van der Waals surface area contributed by atoms with Gasteiger partial charge in [-0.2, -0.15) is 0 Å². The van der Waals surface area contributed by atoms with Crippen LogP contribution in [0.5, 0.6) is 0 Å². The highest BCUT2D eigenvalue weighted by atomic mass is 19.1. The maximum Gasteiger partial charge on any atom is 0.414 e. The molecule has 1 aromatic carbocycles. The molecule has 0 bridgehead atoms. The number of carbonyl (C=O) groups is 2. The standard InChI is InChI=1S/C10H12FN.C2H2O4/c11-10-4-2-1-3-8(10)7-12-9-5-6-9;3-1(4)2(5)6/h1-4,9,12H,5-7H2;(H,3,4)(H,5,6). The molecular weight excluding hydrogens is 241 g/mol. The molecule has 3 N–H and O–H groups in total. The van der Waals surface area contributed by atoms with E-state index in [-0.39, 0.29) is 5.82 Å². The summed E-state index contributed by atoms with van der Waals surface area (Å²) in [5, 5.41) is 18.1. The van der Waals surface area contributed by atoms with E-state index in [0.29, 0.717) is 12.6 Å². The zero-order chi connectivity index (χ0) is 13.5. The highest BCUT2D eigenvalue weighted by molar-refractivity contribution is 6.27. The monoisotopic (exact) mass is 255 g/mol. The third-order valence-corrected chi connectivity index (χ3v) is 2.30. The Hall–Kier alpha value is -1.95. The average Bonchev–Trinajstić information content (AvgIpc) is 3.12. The van der Waals surface area contributed by atoms with Gasteiger partial charge >= 0.3 is 11.9 Å². The van der Waals surface area contributed by atoms with E-state index in [1.54, 1.807) is 6.07 Å². The van der Waals surface area contributed by atoms with Crippen molar-refractivity contribution in [3.63, 3.8) is 0 Å². The predicted molar refractivity (Wildman–Crippen MR) is 61.5 cm³/mol. The number of hydrogen-bond donors (Lipinski definition) is 3. The molecule has 18 heavy (non-hydrogen) atoms. The molecule has 0 amide bonds. The highest BCUT2D eigenvalue weighted by Crippen LogP contribution is 2.19. The van der Waals surface area contributed by atoms with Gasteiger partial charge in [-0.05, 0) is 18.9 Å². The summed E-state index contributed by atoms with van der Waals surface area (Å²) in [6, 6.07) is 7.56. The van der Waals surface area contributed by atoms with Crippen LogP contribution >= 0.6 is 0 Å². The molecule has 1 fully saturated rings. The Labute approximate surface area is 103 Å². The Morgan fingerprint density at radius 2 is 1.78 bits per heavy atom. The minimum absolute atomic E-state index is 0.106. The van der Waals surface area contributed by atoms with Crippen LogP contribution in [0, 0.1) is 5.82 Å². The summed E-state index contributed by atoms with van der Waals surface area (Å²) in [6.45, 7) is 0.664. The van der Waals surface area contributed by atoms with Gasteiger partial charge in [0.15, 0.2) is 0 Å². The van der Waals surface area contributed by atoms with Crippen molar-refractivity contribution in [2.24, 2.45) is 0 Å². The van der Waals surface area contributed by atoms with E-state index >= 15 is 0 Å². The summed E-state index contributed by atoms with van der Waals surface area (Å²) >= 11 is 0. The molecule has 0 aromatic heterocycles. The third kappa shape index (κ3) is 5.40. The topological polar surface area (TPSA) is 86.6 Å². The molecule has 1 aliphatic carbocycles. The van der Waals surface area contributed by atoms with Gasteiger partial charge in [-0.25, -0.2) is 14.0 Å². The molecule has 0 heterocycles. The number of rotatable bonds is 3. The van der Waals surface area contributed by atoms with Crippen LogP contribution < -0.4 is 5.32 Å². The van der Waals surface area contributed by atoms with Crippen LogP contribution in [0.3, 0.4) is 0 Å². The van der Waals surface area contributed by atoms with E-state index in [1.807, 2.05) is 12.1 Å². The fourth-order valence-electron chi connectivity index (χ4n) is 1.18. The molecule has 1 aliphatic rings. The Balaban J connectivity index is 0.000000232. The van der Waals surface area contributed by atoms with Gasteiger partial charge in [0.05, 0.1) is 0 Å². The first-order valence-electron chi connectivity index (χ1n) is 5.43. The molecule has 2 rings (SSSR count). The van der Waals surface area contributed by atoms with E-state index in [2.05, 4.69) is 5.32 Å². The maximum atomic E-state index is 13.0. The van der Waals surface area contributed by atoms with Crippen molar-refractivity contribution in [1.29, 1.82) is 0 Å². The molecule has 0 radical (unpaired) electrons. The molecule has 1 aromatic rings. The normalized spacial score (nSPS) is 13.4. The lowest BCUT2D eigenvalue weighted by molar-refractivity contribution is -0.159. The van der Waals surface area contributed by atoms with Gasteiger partial charge in [-0.15, -0.1) is 0 Å². The smallest absolute Gasteiger partial charge is 0.414 e. The highest BCUT2D eigenvalue weighted by Gasteiger charge is 2.20. The largest absolute Gasteiger partial charge is 0.473 e. The number of carboxylic acids is 2. The Morgan fingerprint density at radius 3 is 2.22 bits per heavy atom. The number of hydrogen-bond acceptors (Lipinski definition) is 3. The van der Waals surface area contributed by atoms with Crippen LogP contribution in [-0.2, 0) is 16.1 Å². The maximum absolute atomic E-state index is 13.0. The van der Waals surface area contributed by atoms with Crippen molar-refractivity contribution in [3.8, 4) is 0 Å². The molecule has 1 saturated carbocycles. The molecule has 0 unspecified atom stereocenters. The van der Waals surface area contributed by atoms with Crippen LogP contribution in [0.2, 0.25) is 0 Å². The van der Waals surface area contributed by atoms with Crippen molar-refractivity contribution in [1.82, 2.24) is 5.32 Å². The minimum atomic E-state index is -1.82. The van der Waals surface area contributed by atoms with Crippen LogP contribution in [0.1, 0.15) is 18.4 Å². The summed E-state index contributed by atoms with van der Waals surface area (Å²) in [4.78, 5) is 18.2. The van der Waals surface area contributed by atoms with Crippen LogP contribution in [0.15, 0.2) is 24.3 Å². The molecular formula is C12H14FNO4. The van der Waals surface area contributed by atoms with Gasteiger partial charge < -0.3 is 15.5 Å². The fraction of sp³-hybridized carbons (Fsp3) is 0.333. The number of nitrogens with one attached hydrogen (secondary N) is 1. The van der Waals surface area contributed by atoms with Crippen molar-refractivity contribution in [2.75, 3.05) is 0 Å². The quantitative estimate of drug-likeness (QED) is 0.707. The van der Waals surface area contributed by atoms with Gasteiger partial charge in [0.25, 0.3) is 0 Å². The van der Waals surface area contributed by atoms with Crippen molar-refractivity contribution in [2.45, 2.75) is 25.4 Å². The second-order valence-electron chi connectivity index (χ2n) is 3.86. The minimum Gasteiger partial charge on any atom is -0.473 e. The zero-order valence-electron chi connectivity index (χ0n) is 9.60. The number of carboxylic acid groups (broad SMARTS) is 2. The molecule has 5 nitrogen and oxygen atoms in total. The van der Waals surface area contributed by atoms with E-state index in [4.69, 9.17) is 19.8 Å². The van der Waals surface area contributed by atoms with Crippen molar-refractivity contribution >= 4 is 11.9 Å². The first kappa shape index (κ1) is 14.1. The second-order valence-corrected chi connectivity index (χ2v) is 3.86. The van der Waals surface area contributed by atoms with Gasteiger partial charge in [0, 0.05) is 18.2 Å². The molecule has 0 saturated heterocycles. The second kappa shape index (κ2) is 6.70. The van der Waals surface area contributed by atoms with Gasteiger partial charge in [0.2, 0.25) is 0 Å². The van der Waals surface area contributed by atoms with Crippen molar-refractivity contribution < 1.29 is 24.2 Å². The fourth-order valence-corrected chi connectivity index (χ4v) is 1.18. The first-order chi connectivity index (χ1) is 8.50. The Kier molecular flexibility index (Phi) is 5.26. The van der Waals surface area contributed by atoms with Gasteiger partial charge in [0.1, 0.15) is 5.82 Å². The SMILES string of the molecule is Fc1ccccc1CNC1CC1.O=C(O)C(=O)O. The molecule has 0 atom stereocenters.